The number of aliphatic carboxylic acids is 1. The fourth-order valence-electron chi connectivity index (χ4n) is 1.69. The molecule has 0 saturated heterocycles. The maximum atomic E-state index is 10.9. The molecule has 0 rings (SSSR count). The number of carbonyl (C=O) groups is 1. The second-order valence-electron chi connectivity index (χ2n) is 4.42. The molecule has 0 amide bonds. The molecule has 0 aromatic heterocycles. The van der Waals surface area contributed by atoms with E-state index in [4.69, 9.17) is 15.3 Å². The van der Waals surface area contributed by atoms with E-state index >= 15 is 0 Å². The van der Waals surface area contributed by atoms with Gasteiger partial charge < -0.3 is 15.3 Å². The first-order chi connectivity index (χ1) is 7.63. The van der Waals surface area contributed by atoms with Crippen molar-refractivity contribution in [3.8, 4) is 0 Å². The smallest absolute Gasteiger partial charge is 0.314 e. The highest BCUT2D eigenvalue weighted by Crippen LogP contribution is 2.24. The third-order valence-corrected chi connectivity index (χ3v) is 3.07. The van der Waals surface area contributed by atoms with Crippen LogP contribution in [0.25, 0.3) is 0 Å². The Morgan fingerprint density at radius 1 is 1.00 bits per heavy atom. The predicted molar refractivity (Wildman–Crippen MR) is 62.2 cm³/mol. The molecule has 0 radical (unpaired) electrons. The Bertz CT molecular complexity index is 187. The van der Waals surface area contributed by atoms with Crippen LogP contribution in [0.1, 0.15) is 51.9 Å². The van der Waals surface area contributed by atoms with Gasteiger partial charge in [0, 0.05) is 0 Å². The number of aliphatic hydroxyl groups is 2. The van der Waals surface area contributed by atoms with Crippen LogP contribution in [-0.4, -0.2) is 34.5 Å². The molecule has 0 aromatic rings. The molecular weight excluding hydrogens is 208 g/mol. The van der Waals surface area contributed by atoms with E-state index in [0.29, 0.717) is 6.42 Å². The van der Waals surface area contributed by atoms with E-state index < -0.39 is 24.6 Å². The van der Waals surface area contributed by atoms with Crippen LogP contribution in [0.5, 0.6) is 0 Å². The van der Waals surface area contributed by atoms with Crippen LogP contribution >= 0.6 is 0 Å². The summed E-state index contributed by atoms with van der Waals surface area (Å²) in [5.41, 5.74) is -1.34. The Kier molecular flexibility index (Phi) is 8.21. The molecule has 0 heterocycles. The quantitative estimate of drug-likeness (QED) is 0.502. The van der Waals surface area contributed by atoms with Crippen LogP contribution in [-0.2, 0) is 4.79 Å². The summed E-state index contributed by atoms with van der Waals surface area (Å²) in [7, 11) is 0. The van der Waals surface area contributed by atoms with Crippen molar-refractivity contribution >= 4 is 5.97 Å². The van der Waals surface area contributed by atoms with Crippen LogP contribution < -0.4 is 0 Å². The summed E-state index contributed by atoms with van der Waals surface area (Å²) in [6.07, 6.45) is 6.74. The number of rotatable bonds is 10. The Morgan fingerprint density at radius 3 is 1.94 bits per heavy atom. The summed E-state index contributed by atoms with van der Waals surface area (Å²) in [5, 5.41) is 27.0. The summed E-state index contributed by atoms with van der Waals surface area (Å²) < 4.78 is 0. The lowest BCUT2D eigenvalue weighted by Crippen LogP contribution is -2.38. The molecule has 0 aliphatic rings. The van der Waals surface area contributed by atoms with Crippen molar-refractivity contribution in [2.24, 2.45) is 5.41 Å². The molecule has 0 aliphatic carbocycles. The zero-order valence-corrected chi connectivity index (χ0v) is 10.1. The van der Waals surface area contributed by atoms with Crippen LogP contribution in [0.15, 0.2) is 0 Å². The van der Waals surface area contributed by atoms with Gasteiger partial charge in [-0.25, -0.2) is 0 Å². The molecule has 0 unspecified atom stereocenters. The molecular formula is C12H24O4. The Labute approximate surface area is 97.3 Å². The number of carboxylic acid groups (broad SMARTS) is 1. The van der Waals surface area contributed by atoms with Gasteiger partial charge in [0.1, 0.15) is 5.41 Å². The highest BCUT2D eigenvalue weighted by Gasteiger charge is 2.36. The predicted octanol–water partition coefficient (Wildman–Crippen LogP) is 1.79. The molecule has 4 nitrogen and oxygen atoms in total. The van der Waals surface area contributed by atoms with Gasteiger partial charge in [0.2, 0.25) is 0 Å². The topological polar surface area (TPSA) is 77.8 Å². The molecule has 3 N–H and O–H groups in total. The first kappa shape index (κ1) is 15.4. The minimum atomic E-state index is -1.34. The van der Waals surface area contributed by atoms with Gasteiger partial charge in [0.15, 0.2) is 0 Å². The zero-order valence-electron chi connectivity index (χ0n) is 10.1. The van der Waals surface area contributed by atoms with E-state index in [1.807, 2.05) is 0 Å². The van der Waals surface area contributed by atoms with Gasteiger partial charge in [-0.2, -0.15) is 0 Å². The van der Waals surface area contributed by atoms with Gasteiger partial charge in [0.25, 0.3) is 0 Å². The van der Waals surface area contributed by atoms with Crippen molar-refractivity contribution in [2.75, 3.05) is 13.2 Å². The van der Waals surface area contributed by atoms with Gasteiger partial charge in [-0.1, -0.05) is 45.4 Å². The van der Waals surface area contributed by atoms with Crippen molar-refractivity contribution < 1.29 is 20.1 Å². The third-order valence-electron chi connectivity index (χ3n) is 3.07. The number of carboxylic acids is 1. The SMILES string of the molecule is CCCCCCCCC(CO)(CO)C(=O)O. The van der Waals surface area contributed by atoms with Crippen molar-refractivity contribution in [1.82, 2.24) is 0 Å². The molecule has 4 heteroatoms. The van der Waals surface area contributed by atoms with E-state index in [1.54, 1.807) is 0 Å². The van der Waals surface area contributed by atoms with E-state index in [9.17, 15) is 4.79 Å². The zero-order chi connectivity index (χ0) is 12.4. The van der Waals surface area contributed by atoms with Crippen molar-refractivity contribution in [1.29, 1.82) is 0 Å². The van der Waals surface area contributed by atoms with E-state index in [0.717, 1.165) is 19.3 Å². The second kappa shape index (κ2) is 8.53. The summed E-state index contributed by atoms with van der Waals surface area (Å²) in [6, 6.07) is 0. The standard InChI is InChI=1S/C12H24O4/c1-2-3-4-5-6-7-8-12(9-13,10-14)11(15)16/h13-14H,2-10H2,1H3,(H,15,16). The second-order valence-corrected chi connectivity index (χ2v) is 4.42. The number of hydrogen-bond acceptors (Lipinski definition) is 3. The van der Waals surface area contributed by atoms with Gasteiger partial charge in [-0.15, -0.1) is 0 Å². The Hall–Kier alpha value is -0.610. The Morgan fingerprint density at radius 2 is 1.50 bits per heavy atom. The molecule has 0 spiro atoms. The summed E-state index contributed by atoms with van der Waals surface area (Å²) in [4.78, 5) is 10.9. The van der Waals surface area contributed by atoms with Crippen LogP contribution in [0, 0.1) is 5.41 Å². The summed E-state index contributed by atoms with van der Waals surface area (Å²) in [5.74, 6) is -1.11. The van der Waals surface area contributed by atoms with Gasteiger partial charge in [-0.05, 0) is 6.42 Å². The molecule has 0 fully saturated rings. The fraction of sp³-hybridized carbons (Fsp3) is 0.917. The minimum absolute atomic E-state index is 0.349. The highest BCUT2D eigenvalue weighted by atomic mass is 16.4. The average Bonchev–Trinajstić information content (AvgIpc) is 2.28. The van der Waals surface area contributed by atoms with Crippen LogP contribution in [0.2, 0.25) is 0 Å². The molecule has 0 atom stereocenters. The monoisotopic (exact) mass is 232 g/mol. The number of aliphatic hydroxyl groups excluding tert-OH is 2. The normalized spacial score (nSPS) is 11.7. The number of hydrogen-bond donors (Lipinski definition) is 3. The minimum Gasteiger partial charge on any atom is -0.481 e. The molecule has 0 saturated carbocycles. The largest absolute Gasteiger partial charge is 0.481 e. The first-order valence-corrected chi connectivity index (χ1v) is 6.08. The van der Waals surface area contributed by atoms with E-state index in [-0.39, 0.29) is 0 Å². The number of unbranched alkanes of at least 4 members (excludes halogenated alkanes) is 5. The van der Waals surface area contributed by atoms with E-state index in [1.165, 1.54) is 19.3 Å². The summed E-state index contributed by atoms with van der Waals surface area (Å²) >= 11 is 0. The fourth-order valence-corrected chi connectivity index (χ4v) is 1.69. The maximum Gasteiger partial charge on any atom is 0.314 e. The van der Waals surface area contributed by atoms with Crippen molar-refractivity contribution in [2.45, 2.75) is 51.9 Å². The maximum absolute atomic E-state index is 10.9. The lowest BCUT2D eigenvalue weighted by atomic mass is 9.84. The molecule has 96 valence electrons. The highest BCUT2D eigenvalue weighted by molar-refractivity contribution is 5.74. The lowest BCUT2D eigenvalue weighted by molar-refractivity contribution is -0.155. The molecule has 0 bridgehead atoms. The van der Waals surface area contributed by atoms with Gasteiger partial charge >= 0.3 is 5.97 Å². The van der Waals surface area contributed by atoms with E-state index in [2.05, 4.69) is 6.92 Å². The third kappa shape index (κ3) is 4.94. The van der Waals surface area contributed by atoms with Crippen molar-refractivity contribution in [3.63, 3.8) is 0 Å². The van der Waals surface area contributed by atoms with Gasteiger partial charge in [-0.3, -0.25) is 4.79 Å². The Balaban J connectivity index is 3.81. The molecule has 0 aliphatic heterocycles. The van der Waals surface area contributed by atoms with Crippen LogP contribution in [0.3, 0.4) is 0 Å². The average molecular weight is 232 g/mol. The first-order valence-electron chi connectivity index (χ1n) is 6.08. The van der Waals surface area contributed by atoms with Crippen molar-refractivity contribution in [3.05, 3.63) is 0 Å². The van der Waals surface area contributed by atoms with Crippen LogP contribution in [0.4, 0.5) is 0 Å². The molecule has 16 heavy (non-hydrogen) atoms. The molecule has 0 aromatic carbocycles. The van der Waals surface area contributed by atoms with Gasteiger partial charge in [0.05, 0.1) is 13.2 Å². The summed E-state index contributed by atoms with van der Waals surface area (Å²) in [6.45, 7) is 1.16. The lowest BCUT2D eigenvalue weighted by Gasteiger charge is -2.24.